The second-order valence-corrected chi connectivity index (χ2v) is 6.72. The lowest BCUT2D eigenvalue weighted by Crippen LogP contribution is -2.39. The molecule has 2 aromatic rings. The number of hydrazone groups is 1. The van der Waals surface area contributed by atoms with Crippen molar-refractivity contribution in [3.63, 3.8) is 0 Å². The summed E-state index contributed by atoms with van der Waals surface area (Å²) in [7, 11) is 1.65. The van der Waals surface area contributed by atoms with E-state index in [1.807, 2.05) is 30.3 Å². The van der Waals surface area contributed by atoms with Gasteiger partial charge >= 0.3 is 0 Å². The van der Waals surface area contributed by atoms with Gasteiger partial charge in [0.2, 0.25) is 5.95 Å². The Morgan fingerprint density at radius 2 is 1.69 bits per heavy atom. The van der Waals surface area contributed by atoms with Crippen molar-refractivity contribution in [2.45, 2.75) is 0 Å². The first kappa shape index (κ1) is 19.4. The molecular weight excluding hydrogens is 372 g/mol. The zero-order valence-electron chi connectivity index (χ0n) is 16.6. The molecule has 29 heavy (non-hydrogen) atoms. The summed E-state index contributed by atoms with van der Waals surface area (Å²) in [6.45, 7) is 5.93. The minimum Gasteiger partial charge on any atom is -0.496 e. The van der Waals surface area contributed by atoms with Crippen molar-refractivity contribution >= 4 is 23.8 Å². The van der Waals surface area contributed by atoms with Crippen molar-refractivity contribution < 1.29 is 14.2 Å². The maximum absolute atomic E-state index is 5.47. The molecule has 2 fully saturated rings. The molecule has 2 aliphatic heterocycles. The van der Waals surface area contributed by atoms with E-state index in [4.69, 9.17) is 19.2 Å². The Kier molecular flexibility index (Phi) is 6.38. The summed E-state index contributed by atoms with van der Waals surface area (Å²) in [4.78, 5) is 13.8. The lowest BCUT2D eigenvalue weighted by Gasteiger charge is -2.31. The van der Waals surface area contributed by atoms with E-state index in [2.05, 4.69) is 25.3 Å². The van der Waals surface area contributed by atoms with Crippen molar-refractivity contribution in [1.29, 1.82) is 0 Å². The normalized spacial score (nSPS) is 17.6. The van der Waals surface area contributed by atoms with Crippen molar-refractivity contribution in [2.75, 3.05) is 74.9 Å². The van der Waals surface area contributed by atoms with E-state index in [1.54, 1.807) is 13.3 Å². The highest BCUT2D eigenvalue weighted by molar-refractivity contribution is 5.83. The molecule has 1 aromatic carbocycles. The molecule has 0 spiro atoms. The zero-order valence-corrected chi connectivity index (χ0v) is 16.6. The molecule has 0 bridgehead atoms. The number of anilines is 3. The Hall–Kier alpha value is -2.91. The highest BCUT2D eigenvalue weighted by Gasteiger charge is 2.19. The molecule has 9 nitrogen and oxygen atoms in total. The molecule has 1 aromatic heterocycles. The number of benzene rings is 1. The second-order valence-electron chi connectivity index (χ2n) is 6.72. The van der Waals surface area contributed by atoms with Crippen LogP contribution in [0, 0.1) is 0 Å². The summed E-state index contributed by atoms with van der Waals surface area (Å²) in [6.07, 6.45) is 1.73. The minimum atomic E-state index is 0.647. The predicted octanol–water partition coefficient (Wildman–Crippen LogP) is 1.60. The molecule has 0 atom stereocenters. The summed E-state index contributed by atoms with van der Waals surface area (Å²) in [5, 5.41) is 4.36. The van der Waals surface area contributed by atoms with E-state index >= 15 is 0 Å². The molecular formula is C20H26N6O3. The Balaban J connectivity index is 1.56. The molecule has 0 aliphatic carbocycles. The number of morpholine rings is 2. The molecule has 2 aliphatic rings. The second kappa shape index (κ2) is 9.53. The topological polar surface area (TPSA) is 84.3 Å². The van der Waals surface area contributed by atoms with Crippen molar-refractivity contribution in [3.8, 4) is 5.75 Å². The molecule has 9 heteroatoms. The largest absolute Gasteiger partial charge is 0.496 e. The fourth-order valence-corrected chi connectivity index (χ4v) is 3.28. The van der Waals surface area contributed by atoms with Gasteiger partial charge < -0.3 is 24.0 Å². The fourth-order valence-electron chi connectivity index (χ4n) is 3.28. The minimum absolute atomic E-state index is 0.647. The number of nitrogens with one attached hydrogen (secondary N) is 1. The van der Waals surface area contributed by atoms with E-state index in [0.29, 0.717) is 38.2 Å². The number of hydrogen-bond acceptors (Lipinski definition) is 9. The average molecular weight is 398 g/mol. The monoisotopic (exact) mass is 398 g/mol. The number of hydrogen-bond donors (Lipinski definition) is 1. The number of rotatable bonds is 6. The van der Waals surface area contributed by atoms with Crippen LogP contribution in [0.3, 0.4) is 0 Å². The van der Waals surface area contributed by atoms with Crippen molar-refractivity contribution in [2.24, 2.45) is 5.10 Å². The van der Waals surface area contributed by atoms with E-state index in [-0.39, 0.29) is 0 Å². The van der Waals surface area contributed by atoms with Crippen LogP contribution in [0.4, 0.5) is 17.6 Å². The predicted molar refractivity (Wildman–Crippen MR) is 112 cm³/mol. The third-order valence-electron chi connectivity index (χ3n) is 4.85. The smallest absolute Gasteiger partial charge is 0.229 e. The molecule has 4 rings (SSSR count). The zero-order chi connectivity index (χ0) is 19.9. The fraction of sp³-hybridized carbons (Fsp3) is 0.450. The third kappa shape index (κ3) is 4.93. The molecule has 2 saturated heterocycles. The first-order valence-electron chi connectivity index (χ1n) is 9.80. The summed E-state index contributed by atoms with van der Waals surface area (Å²) in [5.74, 6) is 2.98. The van der Waals surface area contributed by atoms with Crippen LogP contribution in [0.5, 0.6) is 5.75 Å². The van der Waals surface area contributed by atoms with Gasteiger partial charge in [-0.1, -0.05) is 12.1 Å². The van der Waals surface area contributed by atoms with Crippen LogP contribution in [0.1, 0.15) is 5.56 Å². The van der Waals surface area contributed by atoms with Gasteiger partial charge in [-0.2, -0.15) is 15.1 Å². The summed E-state index contributed by atoms with van der Waals surface area (Å²) in [6, 6.07) is 9.65. The van der Waals surface area contributed by atoms with Crippen LogP contribution in [0.2, 0.25) is 0 Å². The maximum atomic E-state index is 5.47. The van der Waals surface area contributed by atoms with Crippen LogP contribution >= 0.6 is 0 Å². The Labute approximate surface area is 170 Å². The van der Waals surface area contributed by atoms with Gasteiger partial charge in [0.25, 0.3) is 0 Å². The first-order chi connectivity index (χ1) is 14.3. The summed E-state index contributed by atoms with van der Waals surface area (Å²) in [5.41, 5.74) is 3.94. The van der Waals surface area contributed by atoms with E-state index in [9.17, 15) is 0 Å². The molecule has 0 saturated carbocycles. The van der Waals surface area contributed by atoms with Gasteiger partial charge in [-0.05, 0) is 12.1 Å². The highest BCUT2D eigenvalue weighted by atomic mass is 16.5. The van der Waals surface area contributed by atoms with Gasteiger partial charge in [-0.15, -0.1) is 0 Å². The van der Waals surface area contributed by atoms with Gasteiger partial charge in [0.05, 0.1) is 39.8 Å². The number of aromatic nitrogens is 2. The average Bonchev–Trinajstić information content (AvgIpc) is 2.80. The molecule has 3 heterocycles. The number of para-hydroxylation sites is 1. The number of nitrogens with zero attached hydrogens (tertiary/aromatic N) is 5. The molecule has 154 valence electrons. The van der Waals surface area contributed by atoms with Gasteiger partial charge in [0.15, 0.2) is 5.82 Å². The third-order valence-corrected chi connectivity index (χ3v) is 4.85. The number of methoxy groups -OCH3 is 1. The van der Waals surface area contributed by atoms with Crippen LogP contribution < -0.4 is 20.0 Å². The lowest BCUT2D eigenvalue weighted by molar-refractivity contribution is 0.121. The van der Waals surface area contributed by atoms with Gasteiger partial charge in [0.1, 0.15) is 11.6 Å². The van der Waals surface area contributed by atoms with Gasteiger partial charge in [-0.3, -0.25) is 5.43 Å². The molecule has 0 amide bonds. The summed E-state index contributed by atoms with van der Waals surface area (Å²) < 4.78 is 16.3. The quantitative estimate of drug-likeness (QED) is 0.580. The van der Waals surface area contributed by atoms with E-state index in [0.717, 1.165) is 43.3 Å². The SMILES string of the molecule is COc1ccccc1C=NNc1cc(N2CCOCC2)nc(N2CCOCC2)n1. The van der Waals surface area contributed by atoms with Crippen LogP contribution in [-0.2, 0) is 9.47 Å². The van der Waals surface area contributed by atoms with Gasteiger partial charge in [0, 0.05) is 37.8 Å². The standard InChI is InChI=1S/C20H26N6O3/c1-27-17-5-3-2-4-16(17)15-21-24-18-14-19(25-6-10-28-11-7-25)23-20(22-18)26-8-12-29-13-9-26/h2-5,14-15H,6-13H2,1H3,(H,22,23,24). The maximum Gasteiger partial charge on any atom is 0.229 e. The van der Waals surface area contributed by atoms with Crippen molar-refractivity contribution in [3.05, 3.63) is 35.9 Å². The van der Waals surface area contributed by atoms with Crippen LogP contribution in [-0.4, -0.2) is 75.9 Å². The first-order valence-corrected chi connectivity index (χ1v) is 9.80. The van der Waals surface area contributed by atoms with E-state index in [1.165, 1.54) is 0 Å². The van der Waals surface area contributed by atoms with Crippen LogP contribution in [0.15, 0.2) is 35.4 Å². The van der Waals surface area contributed by atoms with Crippen LogP contribution in [0.25, 0.3) is 0 Å². The van der Waals surface area contributed by atoms with E-state index < -0.39 is 0 Å². The molecule has 1 N–H and O–H groups in total. The Morgan fingerprint density at radius 1 is 1.00 bits per heavy atom. The highest BCUT2D eigenvalue weighted by Crippen LogP contribution is 2.22. The Bertz CT molecular complexity index is 798. The number of ether oxygens (including phenoxy) is 3. The van der Waals surface area contributed by atoms with Crippen molar-refractivity contribution in [1.82, 2.24) is 9.97 Å². The summed E-state index contributed by atoms with van der Waals surface area (Å²) >= 11 is 0. The van der Waals surface area contributed by atoms with Gasteiger partial charge in [-0.25, -0.2) is 0 Å². The molecule has 0 unspecified atom stereocenters. The Morgan fingerprint density at radius 3 is 2.41 bits per heavy atom. The lowest BCUT2D eigenvalue weighted by atomic mass is 10.2. The molecule has 0 radical (unpaired) electrons.